The summed E-state index contributed by atoms with van der Waals surface area (Å²) in [4.78, 5) is 32.0. The van der Waals surface area contributed by atoms with Crippen LogP contribution in [0.25, 0.3) is 0 Å². The molecule has 2 fully saturated rings. The van der Waals surface area contributed by atoms with Gasteiger partial charge in [-0.1, -0.05) is 19.1 Å². The van der Waals surface area contributed by atoms with E-state index in [0.29, 0.717) is 18.0 Å². The Kier molecular flexibility index (Phi) is 6.65. The second-order valence-electron chi connectivity index (χ2n) is 8.49. The Labute approximate surface area is 189 Å². The van der Waals surface area contributed by atoms with Crippen molar-refractivity contribution in [2.75, 3.05) is 61.5 Å². The Hall–Kier alpha value is -3.06. The van der Waals surface area contributed by atoms with Crippen LogP contribution in [0.4, 0.5) is 17.1 Å². The number of benzene rings is 2. The van der Waals surface area contributed by atoms with Crippen LogP contribution in [-0.4, -0.2) is 63.1 Å². The van der Waals surface area contributed by atoms with E-state index in [4.69, 9.17) is 4.74 Å². The highest BCUT2D eigenvalue weighted by molar-refractivity contribution is 6.04. The maximum atomic E-state index is 12.9. The summed E-state index contributed by atoms with van der Waals surface area (Å²) in [5.74, 6) is 0.0502. The van der Waals surface area contributed by atoms with Gasteiger partial charge in [0.1, 0.15) is 5.75 Å². The number of amides is 2. The van der Waals surface area contributed by atoms with Crippen molar-refractivity contribution in [3.63, 3.8) is 0 Å². The van der Waals surface area contributed by atoms with Gasteiger partial charge in [-0.2, -0.15) is 0 Å². The van der Waals surface area contributed by atoms with Gasteiger partial charge in [-0.15, -0.1) is 0 Å². The maximum Gasteiger partial charge on any atom is 0.229 e. The van der Waals surface area contributed by atoms with Crippen molar-refractivity contribution in [1.82, 2.24) is 4.90 Å². The number of carbonyl (C=O) groups excluding carboxylic acids is 2. The van der Waals surface area contributed by atoms with Gasteiger partial charge in [-0.25, -0.2) is 0 Å². The number of likely N-dealkylation sites (N-methyl/N-ethyl adjacent to an activating group) is 1. The fourth-order valence-electron chi connectivity index (χ4n) is 4.61. The molecule has 32 heavy (non-hydrogen) atoms. The number of hydrogen-bond acceptors (Lipinski definition) is 5. The van der Waals surface area contributed by atoms with Crippen LogP contribution in [0.2, 0.25) is 0 Å². The number of nitrogens with one attached hydrogen (secondary N) is 1. The third-order valence-corrected chi connectivity index (χ3v) is 6.50. The van der Waals surface area contributed by atoms with Crippen LogP contribution in [0.1, 0.15) is 18.9 Å². The minimum atomic E-state index is -0.394. The lowest BCUT2D eigenvalue weighted by Gasteiger charge is -2.36. The van der Waals surface area contributed by atoms with Gasteiger partial charge in [-0.3, -0.25) is 9.59 Å². The number of ether oxygens (including phenoxy) is 1. The molecule has 2 aliphatic heterocycles. The molecule has 2 aromatic rings. The van der Waals surface area contributed by atoms with Crippen LogP contribution in [-0.2, 0) is 9.59 Å². The van der Waals surface area contributed by atoms with Crippen molar-refractivity contribution >= 4 is 28.9 Å². The zero-order valence-electron chi connectivity index (χ0n) is 19.1. The highest BCUT2D eigenvalue weighted by Gasteiger charge is 2.36. The van der Waals surface area contributed by atoms with Crippen molar-refractivity contribution < 1.29 is 14.3 Å². The number of nitrogens with zero attached hydrogens (tertiary/aromatic N) is 3. The first-order valence-electron chi connectivity index (χ1n) is 11.3. The molecule has 2 amide bonds. The lowest BCUT2D eigenvalue weighted by Crippen LogP contribution is -2.46. The first-order chi connectivity index (χ1) is 15.5. The first kappa shape index (κ1) is 22.1. The number of hydrogen-bond donors (Lipinski definition) is 1. The van der Waals surface area contributed by atoms with Crippen molar-refractivity contribution in [1.29, 1.82) is 0 Å². The fraction of sp³-hybridized carbons (Fsp3) is 0.440. The molecular formula is C25H32N4O3. The van der Waals surface area contributed by atoms with Crippen molar-refractivity contribution in [2.24, 2.45) is 5.92 Å². The number of para-hydroxylation sites is 2. The zero-order valence-corrected chi connectivity index (χ0v) is 19.1. The molecule has 1 atom stereocenters. The van der Waals surface area contributed by atoms with Gasteiger partial charge >= 0.3 is 0 Å². The summed E-state index contributed by atoms with van der Waals surface area (Å²) in [6.07, 6.45) is 0.197. The summed E-state index contributed by atoms with van der Waals surface area (Å²) in [6.45, 7) is 9.91. The summed E-state index contributed by atoms with van der Waals surface area (Å²) in [7, 11) is 1.58. The van der Waals surface area contributed by atoms with Crippen molar-refractivity contribution in [3.8, 4) is 5.75 Å². The van der Waals surface area contributed by atoms with Crippen molar-refractivity contribution in [2.45, 2.75) is 20.3 Å². The predicted molar refractivity (Wildman–Crippen MR) is 128 cm³/mol. The second-order valence-corrected chi connectivity index (χ2v) is 8.49. The number of anilines is 3. The topological polar surface area (TPSA) is 65.1 Å². The molecule has 0 aliphatic carbocycles. The summed E-state index contributed by atoms with van der Waals surface area (Å²) in [6, 6.07) is 13.5. The van der Waals surface area contributed by atoms with E-state index < -0.39 is 5.92 Å². The highest BCUT2D eigenvalue weighted by atomic mass is 16.5. The van der Waals surface area contributed by atoms with Gasteiger partial charge in [0.15, 0.2) is 0 Å². The molecule has 170 valence electrons. The molecule has 2 heterocycles. The van der Waals surface area contributed by atoms with Crippen molar-refractivity contribution in [3.05, 3.63) is 48.0 Å². The molecule has 2 saturated heterocycles. The normalized spacial score (nSPS) is 19.3. The van der Waals surface area contributed by atoms with E-state index in [1.165, 1.54) is 5.69 Å². The molecule has 0 bridgehead atoms. The quantitative estimate of drug-likeness (QED) is 0.754. The molecule has 0 aromatic heterocycles. The summed E-state index contributed by atoms with van der Waals surface area (Å²) >= 11 is 0. The van der Waals surface area contributed by atoms with E-state index in [0.717, 1.165) is 44.0 Å². The van der Waals surface area contributed by atoms with Crippen LogP contribution in [0.3, 0.4) is 0 Å². The van der Waals surface area contributed by atoms with Gasteiger partial charge in [0.25, 0.3) is 0 Å². The molecule has 2 aromatic carbocycles. The van der Waals surface area contributed by atoms with Gasteiger partial charge in [0.05, 0.1) is 18.7 Å². The Morgan fingerprint density at radius 1 is 1.09 bits per heavy atom. The monoisotopic (exact) mass is 436 g/mol. The standard InChI is InChI=1S/C25H32N4O3/c1-4-27-11-13-28(14-12-27)21-10-9-20(15-18(21)2)26-25(31)19-16-24(30)29(17-19)22-7-5-6-8-23(22)32-3/h5-10,15,19H,4,11-14,16-17H2,1-3H3,(H,26,31). The minimum Gasteiger partial charge on any atom is -0.495 e. The number of piperazine rings is 1. The van der Waals surface area contributed by atoms with Crippen LogP contribution >= 0.6 is 0 Å². The average molecular weight is 437 g/mol. The molecule has 0 spiro atoms. The maximum absolute atomic E-state index is 12.9. The smallest absolute Gasteiger partial charge is 0.229 e. The Bertz CT molecular complexity index is 985. The lowest BCUT2D eigenvalue weighted by molar-refractivity contribution is -0.122. The Balaban J connectivity index is 1.40. The van der Waals surface area contributed by atoms with Crippen LogP contribution in [0.5, 0.6) is 5.75 Å². The Morgan fingerprint density at radius 3 is 2.53 bits per heavy atom. The molecule has 4 rings (SSSR count). The third kappa shape index (κ3) is 4.58. The molecule has 7 nitrogen and oxygen atoms in total. The SMILES string of the molecule is CCN1CCN(c2ccc(NC(=O)C3CC(=O)N(c4ccccc4OC)C3)cc2C)CC1. The number of rotatable bonds is 6. The van der Waals surface area contributed by atoms with E-state index in [9.17, 15) is 9.59 Å². The zero-order chi connectivity index (χ0) is 22.7. The number of carbonyl (C=O) groups is 2. The van der Waals surface area contributed by atoms with E-state index in [-0.39, 0.29) is 18.2 Å². The van der Waals surface area contributed by atoms with Crippen LogP contribution in [0, 0.1) is 12.8 Å². The minimum absolute atomic E-state index is 0.0626. The molecule has 1 N–H and O–H groups in total. The molecule has 0 saturated carbocycles. The molecule has 1 unspecified atom stereocenters. The molecular weight excluding hydrogens is 404 g/mol. The van der Waals surface area contributed by atoms with E-state index in [2.05, 4.69) is 35.0 Å². The molecule has 0 radical (unpaired) electrons. The molecule has 2 aliphatic rings. The van der Waals surface area contributed by atoms with Gasteiger partial charge in [0, 0.05) is 50.5 Å². The Morgan fingerprint density at radius 2 is 1.84 bits per heavy atom. The highest BCUT2D eigenvalue weighted by Crippen LogP contribution is 2.33. The summed E-state index contributed by atoms with van der Waals surface area (Å²) in [5.41, 5.74) is 3.84. The molecule has 7 heteroatoms. The van der Waals surface area contributed by atoms with E-state index in [1.807, 2.05) is 36.4 Å². The average Bonchev–Trinajstić information content (AvgIpc) is 3.21. The summed E-state index contributed by atoms with van der Waals surface area (Å²) in [5, 5.41) is 3.02. The van der Waals surface area contributed by atoms with E-state index >= 15 is 0 Å². The van der Waals surface area contributed by atoms with E-state index in [1.54, 1.807) is 12.0 Å². The fourth-order valence-corrected chi connectivity index (χ4v) is 4.61. The second kappa shape index (κ2) is 9.61. The van der Waals surface area contributed by atoms with Crippen LogP contribution in [0.15, 0.2) is 42.5 Å². The largest absolute Gasteiger partial charge is 0.495 e. The summed E-state index contributed by atoms with van der Waals surface area (Å²) < 4.78 is 5.38. The first-order valence-corrected chi connectivity index (χ1v) is 11.3. The van der Waals surface area contributed by atoms with Gasteiger partial charge in [-0.05, 0) is 49.4 Å². The number of aryl methyl sites for hydroxylation is 1. The van der Waals surface area contributed by atoms with Gasteiger partial charge < -0.3 is 24.8 Å². The number of methoxy groups -OCH3 is 1. The lowest BCUT2D eigenvalue weighted by atomic mass is 10.1. The van der Waals surface area contributed by atoms with Crippen LogP contribution < -0.4 is 19.9 Å². The predicted octanol–water partition coefficient (Wildman–Crippen LogP) is 3.14. The van der Waals surface area contributed by atoms with Gasteiger partial charge in [0.2, 0.25) is 11.8 Å². The third-order valence-electron chi connectivity index (χ3n) is 6.50.